The highest BCUT2D eigenvalue weighted by Crippen LogP contribution is 2.21. The molecule has 0 saturated heterocycles. The van der Waals surface area contributed by atoms with Crippen LogP contribution in [0, 0.1) is 3.57 Å². The normalized spacial score (nSPS) is 11.2. The Morgan fingerprint density at radius 3 is 2.47 bits per heavy atom. The van der Waals surface area contributed by atoms with Crippen molar-refractivity contribution in [3.63, 3.8) is 0 Å². The molecule has 0 heterocycles. The van der Waals surface area contributed by atoms with Gasteiger partial charge in [0.2, 0.25) is 0 Å². The first-order valence-electron chi connectivity index (χ1n) is 4.51. The minimum atomic E-state index is -0.500. The van der Waals surface area contributed by atoms with Gasteiger partial charge in [0.05, 0.1) is 9.13 Å². The third-order valence-corrected chi connectivity index (χ3v) is 2.45. The van der Waals surface area contributed by atoms with Crippen molar-refractivity contribution in [1.29, 1.82) is 0 Å². The Bertz CT molecular complexity index is 380. The lowest BCUT2D eigenvalue weighted by Crippen LogP contribution is -2.23. The number of carbonyl (C=O) groups excluding carboxylic acids is 1. The lowest BCUT2D eigenvalue weighted by molar-refractivity contribution is 0.00695. The van der Waals surface area contributed by atoms with Crippen LogP contribution in [-0.4, -0.2) is 16.7 Å². The molecule has 0 unspecified atom stereocenters. The number of phenols is 1. The molecule has 0 bridgehead atoms. The van der Waals surface area contributed by atoms with Gasteiger partial charge in [0.15, 0.2) is 0 Å². The van der Waals surface area contributed by atoms with Gasteiger partial charge in [-0.05, 0) is 61.6 Å². The van der Waals surface area contributed by atoms with Crippen molar-refractivity contribution in [2.45, 2.75) is 26.4 Å². The lowest BCUT2D eigenvalue weighted by atomic mass is 10.1. The van der Waals surface area contributed by atoms with Crippen LogP contribution in [0.2, 0.25) is 0 Å². The second kappa shape index (κ2) is 4.38. The highest BCUT2D eigenvalue weighted by Gasteiger charge is 2.18. The van der Waals surface area contributed by atoms with Crippen LogP contribution in [0.4, 0.5) is 0 Å². The quantitative estimate of drug-likeness (QED) is 0.639. The van der Waals surface area contributed by atoms with Crippen molar-refractivity contribution in [2.75, 3.05) is 0 Å². The van der Waals surface area contributed by atoms with Crippen LogP contribution in [0.3, 0.4) is 0 Å². The Balaban J connectivity index is 2.88. The van der Waals surface area contributed by atoms with Crippen molar-refractivity contribution in [1.82, 2.24) is 0 Å². The van der Waals surface area contributed by atoms with Crippen LogP contribution in [0.25, 0.3) is 0 Å². The molecule has 1 N–H and O–H groups in total. The fraction of sp³-hybridized carbons (Fsp3) is 0.364. The summed E-state index contributed by atoms with van der Waals surface area (Å²) in [5.74, 6) is -0.205. The summed E-state index contributed by atoms with van der Waals surface area (Å²) >= 11 is 1.96. The largest absolute Gasteiger partial charge is 0.507 e. The molecule has 15 heavy (non-hydrogen) atoms. The van der Waals surface area contributed by atoms with Gasteiger partial charge in [-0.15, -0.1) is 0 Å². The highest BCUT2D eigenvalue weighted by atomic mass is 127. The van der Waals surface area contributed by atoms with Gasteiger partial charge in [-0.2, -0.15) is 0 Å². The van der Waals surface area contributed by atoms with Crippen molar-refractivity contribution in [3.05, 3.63) is 27.3 Å². The Kier molecular flexibility index (Phi) is 3.59. The molecule has 0 spiro atoms. The number of hydrogen-bond donors (Lipinski definition) is 1. The fourth-order valence-electron chi connectivity index (χ4n) is 0.971. The van der Waals surface area contributed by atoms with Gasteiger partial charge < -0.3 is 9.84 Å². The van der Waals surface area contributed by atoms with Crippen LogP contribution >= 0.6 is 22.6 Å². The number of halogens is 1. The van der Waals surface area contributed by atoms with Crippen molar-refractivity contribution in [2.24, 2.45) is 0 Å². The van der Waals surface area contributed by atoms with Gasteiger partial charge in [-0.3, -0.25) is 0 Å². The molecule has 0 atom stereocenters. The Hall–Kier alpha value is -0.780. The molecule has 1 aromatic rings. The highest BCUT2D eigenvalue weighted by molar-refractivity contribution is 14.1. The van der Waals surface area contributed by atoms with E-state index >= 15 is 0 Å². The van der Waals surface area contributed by atoms with E-state index in [0.29, 0.717) is 9.13 Å². The van der Waals surface area contributed by atoms with Gasteiger partial charge in [-0.1, -0.05) is 0 Å². The van der Waals surface area contributed by atoms with Gasteiger partial charge in [0, 0.05) is 0 Å². The van der Waals surface area contributed by atoms with Gasteiger partial charge in [-0.25, -0.2) is 4.79 Å². The average Bonchev–Trinajstić information content (AvgIpc) is 2.06. The molecular formula is C11H13IO3. The zero-order chi connectivity index (χ0) is 11.6. The predicted molar refractivity (Wildman–Crippen MR) is 66.0 cm³/mol. The molecule has 3 nitrogen and oxygen atoms in total. The fourth-order valence-corrected chi connectivity index (χ4v) is 1.49. The third-order valence-electron chi connectivity index (χ3n) is 1.58. The predicted octanol–water partition coefficient (Wildman–Crippen LogP) is 2.95. The van der Waals surface area contributed by atoms with E-state index in [1.807, 2.05) is 43.4 Å². The molecule has 0 radical (unpaired) electrons. The smallest absolute Gasteiger partial charge is 0.338 e. The maximum atomic E-state index is 11.6. The molecule has 4 heteroatoms. The van der Waals surface area contributed by atoms with E-state index in [1.54, 1.807) is 12.1 Å². The molecule has 0 fully saturated rings. The maximum absolute atomic E-state index is 11.6. The van der Waals surface area contributed by atoms with E-state index < -0.39 is 5.60 Å². The summed E-state index contributed by atoms with van der Waals surface area (Å²) < 4.78 is 5.83. The topological polar surface area (TPSA) is 46.5 Å². The summed E-state index contributed by atoms with van der Waals surface area (Å²) in [5, 5.41) is 9.30. The van der Waals surface area contributed by atoms with Crippen LogP contribution in [-0.2, 0) is 4.74 Å². The molecule has 0 aliphatic rings. The summed E-state index contributed by atoms with van der Waals surface area (Å²) in [4.78, 5) is 11.6. The number of rotatable bonds is 1. The van der Waals surface area contributed by atoms with Crippen LogP contribution < -0.4 is 0 Å². The minimum absolute atomic E-state index is 0.169. The van der Waals surface area contributed by atoms with Crippen LogP contribution in [0.5, 0.6) is 5.75 Å². The number of carbonyl (C=O) groups is 1. The summed E-state index contributed by atoms with van der Waals surface area (Å²) in [6.07, 6.45) is 0. The second-order valence-corrected chi connectivity index (χ2v) is 5.33. The van der Waals surface area contributed by atoms with Crippen LogP contribution in [0.1, 0.15) is 31.1 Å². The van der Waals surface area contributed by atoms with Gasteiger partial charge >= 0.3 is 5.97 Å². The molecular weight excluding hydrogens is 307 g/mol. The molecule has 1 rings (SSSR count). The van der Waals surface area contributed by atoms with E-state index in [4.69, 9.17) is 4.74 Å². The molecule has 0 amide bonds. The molecule has 0 aliphatic heterocycles. The standard InChI is InChI=1S/C11H13IO3/c1-11(2,3)15-10(14)7-4-5-9(13)8(12)6-7/h4-6,13H,1-3H3. The first kappa shape index (κ1) is 12.3. The van der Waals surface area contributed by atoms with E-state index in [0.717, 1.165) is 0 Å². The molecule has 82 valence electrons. The molecule has 0 saturated carbocycles. The number of ether oxygens (including phenoxy) is 1. The number of esters is 1. The number of phenolic OH excluding ortho intramolecular Hbond substituents is 1. The SMILES string of the molecule is CC(C)(C)OC(=O)c1ccc(O)c(I)c1. The van der Waals surface area contributed by atoms with Crippen LogP contribution in [0.15, 0.2) is 18.2 Å². The van der Waals surface area contributed by atoms with E-state index in [-0.39, 0.29) is 11.7 Å². The first-order chi connectivity index (χ1) is 6.79. The first-order valence-corrected chi connectivity index (χ1v) is 5.59. The monoisotopic (exact) mass is 320 g/mol. The lowest BCUT2D eigenvalue weighted by Gasteiger charge is -2.19. The second-order valence-electron chi connectivity index (χ2n) is 4.17. The summed E-state index contributed by atoms with van der Waals surface area (Å²) in [7, 11) is 0. The number of aromatic hydroxyl groups is 1. The number of benzene rings is 1. The van der Waals surface area contributed by atoms with Crippen molar-refractivity contribution >= 4 is 28.6 Å². The zero-order valence-corrected chi connectivity index (χ0v) is 11.0. The average molecular weight is 320 g/mol. The summed E-state index contributed by atoms with van der Waals surface area (Å²) in [6, 6.07) is 4.64. The van der Waals surface area contributed by atoms with Crippen molar-refractivity contribution in [3.8, 4) is 5.75 Å². The molecule has 0 aromatic heterocycles. The summed E-state index contributed by atoms with van der Waals surface area (Å²) in [6.45, 7) is 5.45. The molecule has 0 aliphatic carbocycles. The summed E-state index contributed by atoms with van der Waals surface area (Å²) in [5.41, 5.74) is -0.0486. The molecule has 1 aromatic carbocycles. The maximum Gasteiger partial charge on any atom is 0.338 e. The van der Waals surface area contributed by atoms with Gasteiger partial charge in [0.1, 0.15) is 11.4 Å². The van der Waals surface area contributed by atoms with Crippen molar-refractivity contribution < 1.29 is 14.6 Å². The van der Waals surface area contributed by atoms with E-state index in [9.17, 15) is 9.90 Å². The van der Waals surface area contributed by atoms with E-state index in [2.05, 4.69) is 0 Å². The Morgan fingerprint density at radius 1 is 1.40 bits per heavy atom. The Labute approximate surface area is 103 Å². The third kappa shape index (κ3) is 3.70. The van der Waals surface area contributed by atoms with E-state index in [1.165, 1.54) is 6.07 Å². The Morgan fingerprint density at radius 2 is 2.00 bits per heavy atom. The minimum Gasteiger partial charge on any atom is -0.507 e. The van der Waals surface area contributed by atoms with Gasteiger partial charge in [0.25, 0.3) is 0 Å². The number of hydrogen-bond acceptors (Lipinski definition) is 3. The zero-order valence-electron chi connectivity index (χ0n) is 8.87.